The molecule has 0 radical (unpaired) electrons. The number of nitriles is 1. The van der Waals surface area contributed by atoms with E-state index in [0.29, 0.717) is 45.1 Å². The van der Waals surface area contributed by atoms with Gasteiger partial charge in [0, 0.05) is 11.5 Å². The minimum atomic E-state index is 0.237. The highest BCUT2D eigenvalue weighted by atomic mass is 35.5. The minimum Gasteiger partial charge on any atom is -0.355 e. The number of thiophene rings is 1. The summed E-state index contributed by atoms with van der Waals surface area (Å²) in [7, 11) is 0. The highest BCUT2D eigenvalue weighted by Crippen LogP contribution is 2.31. The topological polar surface area (TPSA) is 84.7 Å². The molecule has 3 heterocycles. The second kappa shape index (κ2) is 6.16. The molecule has 0 aliphatic carbocycles. The van der Waals surface area contributed by atoms with Crippen LogP contribution < -0.4 is 0 Å². The van der Waals surface area contributed by atoms with Gasteiger partial charge in [-0.05, 0) is 24.3 Å². The first-order chi connectivity index (χ1) is 12.2. The highest BCUT2D eigenvalue weighted by molar-refractivity contribution is 7.19. The molecule has 0 atom stereocenters. The first kappa shape index (κ1) is 15.6. The summed E-state index contributed by atoms with van der Waals surface area (Å²) in [6.45, 7) is 0.321. The summed E-state index contributed by atoms with van der Waals surface area (Å²) >= 11 is 7.34. The molecule has 1 aromatic carbocycles. The van der Waals surface area contributed by atoms with Crippen molar-refractivity contribution in [3.63, 3.8) is 0 Å². The van der Waals surface area contributed by atoms with Crippen molar-refractivity contribution >= 4 is 40.1 Å². The molecule has 0 fully saturated rings. The van der Waals surface area contributed by atoms with Gasteiger partial charge < -0.3 is 4.52 Å². The number of fused-ring (bicyclic) bond motifs is 1. The van der Waals surface area contributed by atoms with Crippen LogP contribution in [-0.2, 0) is 6.54 Å². The van der Waals surface area contributed by atoms with Crippen molar-refractivity contribution in [1.29, 1.82) is 5.26 Å². The molecule has 0 aliphatic heterocycles. The van der Waals surface area contributed by atoms with E-state index in [0.717, 1.165) is 4.88 Å². The first-order valence-electron chi connectivity index (χ1n) is 7.25. The average molecular weight is 369 g/mol. The van der Waals surface area contributed by atoms with Crippen LogP contribution in [-0.4, -0.2) is 21.2 Å². The normalized spacial score (nSPS) is 10.9. The van der Waals surface area contributed by atoms with E-state index in [9.17, 15) is 10.1 Å². The van der Waals surface area contributed by atoms with Crippen molar-refractivity contribution in [3.8, 4) is 16.7 Å². The van der Waals surface area contributed by atoms with Crippen molar-refractivity contribution in [2.24, 2.45) is 0 Å². The van der Waals surface area contributed by atoms with E-state index in [4.69, 9.17) is 16.1 Å². The Morgan fingerprint density at radius 1 is 1.36 bits per heavy atom. The molecule has 4 aromatic rings. The van der Waals surface area contributed by atoms with Crippen LogP contribution in [0.1, 0.15) is 21.7 Å². The van der Waals surface area contributed by atoms with E-state index in [2.05, 4.69) is 16.3 Å². The Hall–Kier alpha value is -2.95. The third-order valence-electron chi connectivity index (χ3n) is 3.72. The summed E-state index contributed by atoms with van der Waals surface area (Å²) in [5, 5.41) is 18.1. The molecule has 0 aliphatic rings. The molecule has 8 heteroatoms. The molecule has 122 valence electrons. The van der Waals surface area contributed by atoms with Gasteiger partial charge in [0.05, 0.1) is 32.9 Å². The van der Waals surface area contributed by atoms with Gasteiger partial charge in [-0.15, -0.1) is 11.3 Å². The molecular formula is C17H9ClN4O2S. The molecular weight excluding hydrogens is 360 g/mol. The number of rotatable bonds is 4. The van der Waals surface area contributed by atoms with Gasteiger partial charge in [-0.1, -0.05) is 22.8 Å². The second-order valence-electron chi connectivity index (χ2n) is 5.26. The molecule has 0 spiro atoms. The van der Waals surface area contributed by atoms with E-state index in [-0.39, 0.29) is 5.69 Å². The number of aromatic nitrogens is 3. The maximum absolute atomic E-state index is 11.3. The van der Waals surface area contributed by atoms with Crippen LogP contribution in [0.25, 0.3) is 21.5 Å². The van der Waals surface area contributed by atoms with E-state index in [1.165, 1.54) is 11.3 Å². The summed E-state index contributed by atoms with van der Waals surface area (Å²) in [5.41, 5.74) is 2.01. The summed E-state index contributed by atoms with van der Waals surface area (Å²) in [6, 6.07) is 12.8. The monoisotopic (exact) mass is 368 g/mol. The fourth-order valence-electron chi connectivity index (χ4n) is 2.66. The average Bonchev–Trinajstić information content (AvgIpc) is 3.34. The van der Waals surface area contributed by atoms with Gasteiger partial charge in [0.25, 0.3) is 0 Å². The summed E-state index contributed by atoms with van der Waals surface area (Å²) < 4.78 is 7.68. The lowest BCUT2D eigenvalue weighted by atomic mass is 10.1. The predicted octanol–water partition coefficient (Wildman–Crippen LogP) is 4.14. The van der Waals surface area contributed by atoms with Crippen molar-refractivity contribution in [2.45, 2.75) is 6.54 Å². The van der Waals surface area contributed by atoms with Crippen LogP contribution in [0.4, 0.5) is 0 Å². The van der Waals surface area contributed by atoms with Crippen LogP contribution >= 0.6 is 22.9 Å². The Labute approximate surface area is 150 Å². The van der Waals surface area contributed by atoms with Crippen LogP contribution in [0.2, 0.25) is 4.34 Å². The van der Waals surface area contributed by atoms with Gasteiger partial charge in [0.15, 0.2) is 12.0 Å². The minimum absolute atomic E-state index is 0.237. The molecule has 0 bridgehead atoms. The number of halogens is 1. The largest absolute Gasteiger partial charge is 0.355 e. The van der Waals surface area contributed by atoms with E-state index < -0.39 is 0 Å². The Balaban J connectivity index is 1.73. The molecule has 3 aromatic heterocycles. The smallest absolute Gasteiger partial charge is 0.177 e. The van der Waals surface area contributed by atoms with Gasteiger partial charge in [0.1, 0.15) is 11.4 Å². The Kier molecular flexibility index (Phi) is 3.84. The van der Waals surface area contributed by atoms with Gasteiger partial charge in [-0.2, -0.15) is 10.4 Å². The zero-order chi connectivity index (χ0) is 17.4. The number of carbonyl (C=O) groups excluding carboxylic acids is 1. The molecule has 25 heavy (non-hydrogen) atoms. The first-order valence-corrected chi connectivity index (χ1v) is 8.45. The van der Waals surface area contributed by atoms with Crippen molar-refractivity contribution in [1.82, 2.24) is 14.9 Å². The molecule has 6 nitrogen and oxygen atoms in total. The van der Waals surface area contributed by atoms with Crippen LogP contribution in [0.15, 0.2) is 40.9 Å². The molecule has 4 rings (SSSR count). The molecule has 0 N–H and O–H groups in total. The zero-order valence-corrected chi connectivity index (χ0v) is 14.2. The van der Waals surface area contributed by atoms with E-state index in [1.54, 1.807) is 22.9 Å². The number of hydrogen-bond acceptors (Lipinski definition) is 6. The van der Waals surface area contributed by atoms with Crippen LogP contribution in [0.5, 0.6) is 0 Å². The van der Waals surface area contributed by atoms with E-state index >= 15 is 0 Å². The Morgan fingerprint density at radius 2 is 2.24 bits per heavy atom. The lowest BCUT2D eigenvalue weighted by molar-refractivity contribution is 0.111. The summed E-state index contributed by atoms with van der Waals surface area (Å²) in [4.78, 5) is 12.2. The van der Waals surface area contributed by atoms with Gasteiger partial charge in [-0.3, -0.25) is 9.48 Å². The van der Waals surface area contributed by atoms with Gasteiger partial charge in [-0.25, -0.2) is 0 Å². The summed E-state index contributed by atoms with van der Waals surface area (Å²) in [6.07, 6.45) is 0.654. The zero-order valence-electron chi connectivity index (χ0n) is 12.6. The number of carbonyl (C=O) groups is 1. The number of benzene rings is 1. The summed E-state index contributed by atoms with van der Waals surface area (Å²) in [5.74, 6) is 0.622. The van der Waals surface area contributed by atoms with Crippen molar-refractivity contribution in [3.05, 3.63) is 57.7 Å². The quantitative estimate of drug-likeness (QED) is 0.505. The third-order valence-corrected chi connectivity index (χ3v) is 4.97. The lowest BCUT2D eigenvalue weighted by Gasteiger charge is -2.00. The molecule has 0 amide bonds. The Morgan fingerprint density at radius 3 is 2.96 bits per heavy atom. The van der Waals surface area contributed by atoms with Crippen LogP contribution in [0.3, 0.4) is 0 Å². The third kappa shape index (κ3) is 2.71. The van der Waals surface area contributed by atoms with Crippen molar-refractivity contribution in [2.75, 3.05) is 0 Å². The SMILES string of the molecule is N#Cc1cccc2c1c(C=O)nn2Cc1cc(-c2ccc(Cl)s2)on1. The maximum atomic E-state index is 11.3. The second-order valence-corrected chi connectivity index (χ2v) is 6.97. The van der Waals surface area contributed by atoms with Crippen LogP contribution in [0, 0.1) is 11.3 Å². The molecule has 0 unspecified atom stereocenters. The maximum Gasteiger partial charge on any atom is 0.177 e. The van der Waals surface area contributed by atoms with Gasteiger partial charge in [0.2, 0.25) is 0 Å². The molecule has 0 saturated heterocycles. The fraction of sp³-hybridized carbons (Fsp3) is 0.0588. The fourth-order valence-corrected chi connectivity index (χ4v) is 3.65. The highest BCUT2D eigenvalue weighted by Gasteiger charge is 2.16. The van der Waals surface area contributed by atoms with Gasteiger partial charge >= 0.3 is 0 Å². The number of hydrogen-bond donors (Lipinski definition) is 0. The molecule has 0 saturated carbocycles. The lowest BCUT2D eigenvalue weighted by Crippen LogP contribution is -2.02. The predicted molar refractivity (Wildman–Crippen MR) is 93.8 cm³/mol. The number of aldehydes is 1. The Bertz CT molecular complexity index is 1140. The standard InChI is InChI=1S/C17H9ClN4O2S/c18-16-5-4-15(25-16)14-6-11(21-24-14)8-22-13-3-1-2-10(7-19)17(13)12(9-23)20-22/h1-6,9H,8H2. The van der Waals surface area contributed by atoms with Crippen molar-refractivity contribution < 1.29 is 9.32 Å². The number of nitrogens with zero attached hydrogens (tertiary/aromatic N) is 4. The van der Waals surface area contributed by atoms with E-state index in [1.807, 2.05) is 18.2 Å².